The number of aromatic nitrogens is 3. The minimum Gasteiger partial charge on any atom is -0.382 e. The van der Waals surface area contributed by atoms with Gasteiger partial charge < -0.3 is 10.6 Å². The number of unbranched alkanes of at least 4 members (excludes halogenated alkanes) is 3. The molecule has 5 heteroatoms. The molecule has 0 saturated heterocycles. The summed E-state index contributed by atoms with van der Waals surface area (Å²) in [5.74, 6) is 0.533. The van der Waals surface area contributed by atoms with Gasteiger partial charge in [-0.3, -0.25) is 4.68 Å². The molecule has 0 saturated carbocycles. The highest BCUT2D eigenvalue weighted by atomic mass is 15.3. The fourth-order valence-electron chi connectivity index (χ4n) is 3.41. The van der Waals surface area contributed by atoms with Crippen LogP contribution >= 0.6 is 0 Å². The Bertz CT molecular complexity index is 866. The van der Waals surface area contributed by atoms with E-state index < -0.39 is 0 Å². The molecule has 5 nitrogen and oxygen atoms in total. The van der Waals surface area contributed by atoms with E-state index in [1.807, 2.05) is 4.68 Å². The van der Waals surface area contributed by atoms with E-state index in [2.05, 4.69) is 60.4 Å². The van der Waals surface area contributed by atoms with Crippen LogP contribution in [-0.4, -0.2) is 40.3 Å². The van der Waals surface area contributed by atoms with Gasteiger partial charge in [-0.1, -0.05) is 31.9 Å². The second-order valence-electron chi connectivity index (χ2n) is 7.47. The van der Waals surface area contributed by atoms with Crippen molar-refractivity contribution in [2.45, 2.75) is 52.0 Å². The Morgan fingerprint density at radius 1 is 1.08 bits per heavy atom. The molecular weight excluding hydrogens is 322 g/mol. The highest BCUT2D eigenvalue weighted by Crippen LogP contribution is 2.28. The molecule has 0 unspecified atom stereocenters. The van der Waals surface area contributed by atoms with Gasteiger partial charge in [-0.25, -0.2) is 4.98 Å². The Morgan fingerprint density at radius 3 is 2.69 bits per heavy atom. The van der Waals surface area contributed by atoms with Crippen LogP contribution in [0.3, 0.4) is 0 Å². The van der Waals surface area contributed by atoms with Crippen molar-refractivity contribution in [2.24, 2.45) is 0 Å². The predicted molar refractivity (Wildman–Crippen MR) is 110 cm³/mol. The van der Waals surface area contributed by atoms with E-state index in [0.717, 1.165) is 54.2 Å². The molecule has 0 fully saturated rings. The number of pyridine rings is 1. The van der Waals surface area contributed by atoms with Crippen molar-refractivity contribution in [2.75, 3.05) is 26.4 Å². The van der Waals surface area contributed by atoms with Crippen molar-refractivity contribution in [1.82, 2.24) is 19.7 Å². The molecule has 0 aliphatic heterocycles. The number of rotatable bonds is 9. The molecule has 2 aromatic heterocycles. The lowest BCUT2D eigenvalue weighted by Crippen LogP contribution is -2.12. The van der Waals surface area contributed by atoms with Crippen molar-refractivity contribution in [3.8, 4) is 0 Å². The molecule has 0 aliphatic rings. The second kappa shape index (κ2) is 8.49. The quantitative estimate of drug-likeness (QED) is 0.585. The van der Waals surface area contributed by atoms with Crippen LogP contribution in [0.2, 0.25) is 0 Å². The molecule has 2 heterocycles. The van der Waals surface area contributed by atoms with Gasteiger partial charge in [0.15, 0.2) is 5.82 Å². The summed E-state index contributed by atoms with van der Waals surface area (Å²) in [7, 11) is 4.26. The fourth-order valence-corrected chi connectivity index (χ4v) is 3.41. The third kappa shape index (κ3) is 4.33. The van der Waals surface area contributed by atoms with Gasteiger partial charge in [-0.05, 0) is 58.0 Å². The SMILES string of the molecule is CCCCn1cc2c(n1)c(N)nc1cc(CCCCCN(C)C)ccc12. The van der Waals surface area contributed by atoms with Gasteiger partial charge in [0.05, 0.1) is 5.52 Å². The molecule has 0 radical (unpaired) electrons. The molecule has 0 bridgehead atoms. The third-order valence-electron chi connectivity index (χ3n) is 4.91. The first-order chi connectivity index (χ1) is 12.6. The first-order valence-corrected chi connectivity index (χ1v) is 9.78. The lowest BCUT2D eigenvalue weighted by Gasteiger charge is -2.09. The smallest absolute Gasteiger partial charge is 0.152 e. The number of fused-ring (bicyclic) bond motifs is 3. The minimum absolute atomic E-state index is 0.533. The summed E-state index contributed by atoms with van der Waals surface area (Å²) in [6.07, 6.45) is 9.22. The fraction of sp³-hybridized carbons (Fsp3) is 0.524. The molecule has 26 heavy (non-hydrogen) atoms. The summed E-state index contributed by atoms with van der Waals surface area (Å²) >= 11 is 0. The first-order valence-electron chi connectivity index (χ1n) is 9.78. The van der Waals surface area contributed by atoms with E-state index >= 15 is 0 Å². The summed E-state index contributed by atoms with van der Waals surface area (Å²) in [5, 5.41) is 6.89. The van der Waals surface area contributed by atoms with E-state index in [1.165, 1.54) is 24.8 Å². The molecule has 0 amide bonds. The zero-order chi connectivity index (χ0) is 18.5. The van der Waals surface area contributed by atoms with E-state index in [0.29, 0.717) is 5.82 Å². The number of benzene rings is 1. The Kier molecular flexibility index (Phi) is 6.09. The number of nitrogens with two attached hydrogens (primary N) is 1. The highest BCUT2D eigenvalue weighted by Gasteiger charge is 2.11. The second-order valence-corrected chi connectivity index (χ2v) is 7.47. The maximum atomic E-state index is 6.19. The lowest BCUT2D eigenvalue weighted by atomic mass is 10.0. The Labute approximate surface area is 156 Å². The zero-order valence-electron chi connectivity index (χ0n) is 16.3. The van der Waals surface area contributed by atoms with Gasteiger partial charge in [0, 0.05) is 23.5 Å². The molecular formula is C21H31N5. The normalized spacial score (nSPS) is 11.8. The Morgan fingerprint density at radius 2 is 1.92 bits per heavy atom. The topological polar surface area (TPSA) is 60.0 Å². The van der Waals surface area contributed by atoms with Crippen LogP contribution in [0.4, 0.5) is 5.82 Å². The van der Waals surface area contributed by atoms with Gasteiger partial charge >= 0.3 is 0 Å². The van der Waals surface area contributed by atoms with Crippen molar-refractivity contribution in [3.63, 3.8) is 0 Å². The largest absolute Gasteiger partial charge is 0.382 e. The molecule has 0 atom stereocenters. The van der Waals surface area contributed by atoms with Crippen molar-refractivity contribution in [3.05, 3.63) is 30.0 Å². The first kappa shape index (κ1) is 18.6. The number of hydrogen-bond acceptors (Lipinski definition) is 4. The summed E-state index contributed by atoms with van der Waals surface area (Å²) < 4.78 is 2.00. The van der Waals surface area contributed by atoms with Crippen LogP contribution in [0.15, 0.2) is 24.4 Å². The molecule has 3 rings (SSSR count). The molecule has 140 valence electrons. The number of hydrogen-bond donors (Lipinski definition) is 1. The Hall–Kier alpha value is -2.14. The zero-order valence-corrected chi connectivity index (χ0v) is 16.3. The molecule has 2 N–H and O–H groups in total. The van der Waals surface area contributed by atoms with Gasteiger partial charge in [0.25, 0.3) is 0 Å². The summed E-state index contributed by atoms with van der Waals surface area (Å²) in [5.41, 5.74) is 9.34. The summed E-state index contributed by atoms with van der Waals surface area (Å²) in [6, 6.07) is 6.61. The van der Waals surface area contributed by atoms with Crippen molar-refractivity contribution in [1.29, 1.82) is 0 Å². The van der Waals surface area contributed by atoms with Crippen molar-refractivity contribution >= 4 is 27.6 Å². The maximum absolute atomic E-state index is 6.19. The van der Waals surface area contributed by atoms with E-state index in [-0.39, 0.29) is 0 Å². The summed E-state index contributed by atoms with van der Waals surface area (Å²) in [6.45, 7) is 4.28. The standard InChI is InChI=1S/C21H31N5/c1-4-5-13-26-15-18-17-11-10-16(9-7-6-8-12-25(2)3)14-19(17)23-21(22)20(18)24-26/h10-11,14-15H,4-9,12-13H2,1-3H3,(H2,22,23). The number of nitrogens with zero attached hydrogens (tertiary/aromatic N) is 4. The number of nitrogen functional groups attached to an aromatic ring is 1. The predicted octanol–water partition coefficient (Wildman–Crippen LogP) is 4.24. The van der Waals surface area contributed by atoms with Crippen LogP contribution in [0, 0.1) is 0 Å². The van der Waals surface area contributed by atoms with Gasteiger partial charge in [0.2, 0.25) is 0 Å². The summed E-state index contributed by atoms with van der Waals surface area (Å²) in [4.78, 5) is 6.87. The van der Waals surface area contributed by atoms with Gasteiger partial charge in [-0.2, -0.15) is 5.10 Å². The van der Waals surface area contributed by atoms with Crippen molar-refractivity contribution < 1.29 is 0 Å². The molecule has 0 aliphatic carbocycles. The lowest BCUT2D eigenvalue weighted by molar-refractivity contribution is 0.391. The van der Waals surface area contributed by atoms with Crippen LogP contribution in [-0.2, 0) is 13.0 Å². The van der Waals surface area contributed by atoms with Crippen LogP contribution < -0.4 is 5.73 Å². The van der Waals surface area contributed by atoms with E-state index in [9.17, 15) is 0 Å². The van der Waals surface area contributed by atoms with Crippen LogP contribution in [0.25, 0.3) is 21.8 Å². The van der Waals surface area contributed by atoms with Crippen LogP contribution in [0.5, 0.6) is 0 Å². The number of aryl methyl sites for hydroxylation is 2. The average Bonchev–Trinajstić information content (AvgIpc) is 3.04. The van der Waals surface area contributed by atoms with Gasteiger partial charge in [0.1, 0.15) is 5.52 Å². The van der Waals surface area contributed by atoms with Crippen LogP contribution in [0.1, 0.15) is 44.6 Å². The molecule has 1 aromatic carbocycles. The monoisotopic (exact) mass is 353 g/mol. The minimum atomic E-state index is 0.533. The van der Waals surface area contributed by atoms with Gasteiger partial charge in [-0.15, -0.1) is 0 Å². The average molecular weight is 354 g/mol. The third-order valence-corrected chi connectivity index (χ3v) is 4.91. The number of anilines is 1. The maximum Gasteiger partial charge on any atom is 0.152 e. The van der Waals surface area contributed by atoms with E-state index in [1.54, 1.807) is 0 Å². The molecule has 0 spiro atoms. The van der Waals surface area contributed by atoms with E-state index in [4.69, 9.17) is 5.73 Å². The highest BCUT2D eigenvalue weighted by molar-refractivity contribution is 6.07. The Balaban J connectivity index is 1.78. The molecule has 3 aromatic rings.